The van der Waals surface area contributed by atoms with Crippen molar-refractivity contribution >= 4 is 33.8 Å². The zero-order valence-corrected chi connectivity index (χ0v) is 16.1. The fraction of sp³-hybridized carbons (Fsp3) is 0.150. The summed E-state index contributed by atoms with van der Waals surface area (Å²) in [5.41, 5.74) is 3.97. The van der Waals surface area contributed by atoms with Crippen molar-refractivity contribution in [2.24, 2.45) is 15.3 Å². The Bertz CT molecular complexity index is 1090. The number of aromatic hydroxyl groups is 1. The van der Waals surface area contributed by atoms with Gasteiger partial charge < -0.3 is 5.11 Å². The number of hydrazone groups is 1. The molecule has 0 spiro atoms. The number of nitrogens with zero attached hydrogens (tertiary/aromatic N) is 5. The van der Waals surface area contributed by atoms with Gasteiger partial charge in [-0.1, -0.05) is 35.9 Å². The van der Waals surface area contributed by atoms with Crippen LogP contribution in [0.15, 0.2) is 69.2 Å². The summed E-state index contributed by atoms with van der Waals surface area (Å²) in [5.74, 6) is -0.209. The lowest BCUT2D eigenvalue weighted by atomic mass is 10.1. The number of hydrogen-bond donors (Lipinski definition) is 1. The number of thiazole rings is 1. The Morgan fingerprint density at radius 3 is 2.68 bits per heavy atom. The first kappa shape index (κ1) is 18.0. The first-order valence-corrected chi connectivity index (χ1v) is 9.51. The van der Waals surface area contributed by atoms with Crippen molar-refractivity contribution in [1.82, 2.24) is 4.98 Å². The highest BCUT2D eigenvalue weighted by Gasteiger charge is 2.36. The summed E-state index contributed by atoms with van der Waals surface area (Å²) in [6, 6.07) is 13.6. The second kappa shape index (κ2) is 7.32. The van der Waals surface area contributed by atoms with Gasteiger partial charge in [-0.2, -0.15) is 20.3 Å². The van der Waals surface area contributed by atoms with Crippen LogP contribution in [-0.2, 0) is 4.79 Å². The van der Waals surface area contributed by atoms with E-state index in [-0.39, 0.29) is 11.7 Å². The fourth-order valence-corrected chi connectivity index (χ4v) is 3.51. The first-order valence-electron chi connectivity index (χ1n) is 8.63. The summed E-state index contributed by atoms with van der Waals surface area (Å²) in [7, 11) is 0. The average molecular weight is 391 g/mol. The lowest BCUT2D eigenvalue weighted by molar-refractivity contribution is -0.117. The largest absolute Gasteiger partial charge is 0.508 e. The van der Waals surface area contributed by atoms with Crippen LogP contribution in [-0.4, -0.2) is 27.8 Å². The number of azo groups is 1. The summed E-state index contributed by atoms with van der Waals surface area (Å²) in [5, 5.41) is 25.7. The quantitative estimate of drug-likeness (QED) is 0.654. The van der Waals surface area contributed by atoms with E-state index in [4.69, 9.17) is 0 Å². The van der Waals surface area contributed by atoms with Crippen molar-refractivity contribution < 1.29 is 9.90 Å². The molecule has 0 saturated heterocycles. The molecular formula is C20H17N5O2S. The van der Waals surface area contributed by atoms with Crippen molar-refractivity contribution in [2.75, 3.05) is 5.01 Å². The molecule has 8 heteroatoms. The summed E-state index contributed by atoms with van der Waals surface area (Å²) in [4.78, 5) is 17.3. The van der Waals surface area contributed by atoms with Gasteiger partial charge in [-0.05, 0) is 26.0 Å². The smallest absolute Gasteiger partial charge is 0.282 e. The van der Waals surface area contributed by atoms with Crippen LogP contribution in [0.2, 0.25) is 0 Å². The van der Waals surface area contributed by atoms with E-state index in [2.05, 4.69) is 20.3 Å². The number of carbonyl (C=O) groups is 1. The molecule has 1 aliphatic rings. The Labute approximate surface area is 165 Å². The second-order valence-electron chi connectivity index (χ2n) is 6.41. The molecule has 0 saturated carbocycles. The Morgan fingerprint density at radius 2 is 1.93 bits per heavy atom. The van der Waals surface area contributed by atoms with Crippen molar-refractivity contribution in [3.63, 3.8) is 0 Å². The van der Waals surface area contributed by atoms with E-state index in [0.29, 0.717) is 16.5 Å². The predicted molar refractivity (Wildman–Crippen MR) is 109 cm³/mol. The molecule has 0 fully saturated rings. The molecule has 0 unspecified atom stereocenters. The van der Waals surface area contributed by atoms with Gasteiger partial charge in [0.05, 0.1) is 17.1 Å². The average Bonchev–Trinajstić information content (AvgIpc) is 3.26. The second-order valence-corrected chi connectivity index (χ2v) is 7.25. The number of phenols is 1. The fourth-order valence-electron chi connectivity index (χ4n) is 2.72. The minimum atomic E-state index is -0.797. The third-order valence-corrected chi connectivity index (χ3v) is 5.05. The summed E-state index contributed by atoms with van der Waals surface area (Å²) in [6.45, 7) is 3.76. The van der Waals surface area contributed by atoms with Gasteiger partial charge in [-0.25, -0.2) is 4.98 Å². The molecule has 28 heavy (non-hydrogen) atoms. The standard InChI is InChI=1S/C20H17N5O2S/c1-12-6-8-14(9-7-12)17-11-28-20(21-17)25-19(27)18(13(2)24-25)23-22-15-4-3-5-16(26)10-15/h3-11,18,26H,1-2H3/t18-/m1/s1. The molecule has 7 nitrogen and oxygen atoms in total. The Morgan fingerprint density at radius 1 is 1.14 bits per heavy atom. The molecule has 1 amide bonds. The molecule has 0 bridgehead atoms. The predicted octanol–water partition coefficient (Wildman–Crippen LogP) is 4.70. The van der Waals surface area contributed by atoms with Gasteiger partial charge in [-0.3, -0.25) is 4.79 Å². The normalized spacial score (nSPS) is 16.8. The van der Waals surface area contributed by atoms with Crippen molar-refractivity contribution in [2.45, 2.75) is 19.9 Å². The molecule has 1 atom stereocenters. The Balaban J connectivity index is 1.54. The summed E-state index contributed by atoms with van der Waals surface area (Å²) >= 11 is 1.35. The van der Waals surface area contributed by atoms with Gasteiger partial charge in [0.2, 0.25) is 5.13 Å². The van der Waals surface area contributed by atoms with Crippen LogP contribution >= 0.6 is 11.3 Å². The highest BCUT2D eigenvalue weighted by molar-refractivity contribution is 7.14. The number of hydrogen-bond acceptors (Lipinski definition) is 7. The number of phenolic OH excluding ortho intramolecular Hbond substituents is 1. The highest BCUT2D eigenvalue weighted by atomic mass is 32.1. The van der Waals surface area contributed by atoms with Crippen LogP contribution in [0.4, 0.5) is 10.8 Å². The number of rotatable bonds is 4. The Hall–Kier alpha value is -3.39. The minimum Gasteiger partial charge on any atom is -0.508 e. The number of aromatic nitrogens is 1. The molecule has 1 N–H and O–H groups in total. The molecule has 1 aliphatic heterocycles. The molecule has 4 rings (SSSR count). The molecule has 0 radical (unpaired) electrons. The van der Waals surface area contributed by atoms with E-state index in [0.717, 1.165) is 11.3 Å². The highest BCUT2D eigenvalue weighted by Crippen LogP contribution is 2.31. The monoisotopic (exact) mass is 391 g/mol. The van der Waals surface area contributed by atoms with E-state index in [1.165, 1.54) is 28.0 Å². The molecule has 2 aromatic carbocycles. The van der Waals surface area contributed by atoms with Crippen LogP contribution in [0.3, 0.4) is 0 Å². The maximum atomic E-state index is 12.8. The number of benzene rings is 2. The summed E-state index contributed by atoms with van der Waals surface area (Å²) < 4.78 is 0. The zero-order chi connectivity index (χ0) is 19.7. The number of carbonyl (C=O) groups excluding carboxylic acids is 1. The van der Waals surface area contributed by atoms with Gasteiger partial charge in [0.1, 0.15) is 5.75 Å². The molecule has 1 aromatic heterocycles. The van der Waals surface area contributed by atoms with E-state index >= 15 is 0 Å². The lowest BCUT2D eigenvalue weighted by Gasteiger charge is -2.08. The topological polar surface area (TPSA) is 90.5 Å². The van der Waals surface area contributed by atoms with Gasteiger partial charge in [0.15, 0.2) is 6.04 Å². The van der Waals surface area contributed by atoms with Crippen molar-refractivity contribution in [1.29, 1.82) is 0 Å². The minimum absolute atomic E-state index is 0.0904. The number of anilines is 1. The lowest BCUT2D eigenvalue weighted by Crippen LogP contribution is -2.29. The first-order chi connectivity index (χ1) is 13.5. The van der Waals surface area contributed by atoms with Gasteiger partial charge in [-0.15, -0.1) is 11.3 Å². The number of amides is 1. The van der Waals surface area contributed by atoms with Crippen LogP contribution in [0.25, 0.3) is 11.3 Å². The summed E-state index contributed by atoms with van der Waals surface area (Å²) in [6.07, 6.45) is 0. The van der Waals surface area contributed by atoms with Crippen molar-refractivity contribution in [3.05, 3.63) is 59.5 Å². The van der Waals surface area contributed by atoms with E-state index in [1.54, 1.807) is 25.1 Å². The van der Waals surface area contributed by atoms with Crippen LogP contribution in [0, 0.1) is 6.92 Å². The zero-order valence-electron chi connectivity index (χ0n) is 15.3. The van der Waals surface area contributed by atoms with Gasteiger partial charge in [0, 0.05) is 17.0 Å². The maximum absolute atomic E-state index is 12.8. The Kier molecular flexibility index (Phi) is 4.70. The molecule has 3 aromatic rings. The van der Waals surface area contributed by atoms with E-state index in [9.17, 15) is 9.90 Å². The SMILES string of the molecule is CC1=NN(c2nc(-c3ccc(C)cc3)cs2)C(=O)[C@@H]1N=Nc1cccc(O)c1. The molecular weight excluding hydrogens is 374 g/mol. The third kappa shape index (κ3) is 3.54. The third-order valence-electron chi connectivity index (χ3n) is 4.24. The van der Waals surface area contributed by atoms with Gasteiger partial charge in [0.25, 0.3) is 5.91 Å². The van der Waals surface area contributed by atoms with Gasteiger partial charge >= 0.3 is 0 Å². The molecule has 140 valence electrons. The van der Waals surface area contributed by atoms with E-state index < -0.39 is 6.04 Å². The molecule has 0 aliphatic carbocycles. The maximum Gasteiger partial charge on any atom is 0.282 e. The van der Waals surface area contributed by atoms with Crippen LogP contribution < -0.4 is 5.01 Å². The number of aryl methyl sites for hydroxylation is 1. The van der Waals surface area contributed by atoms with E-state index in [1.807, 2.05) is 36.6 Å². The van der Waals surface area contributed by atoms with Crippen LogP contribution in [0.1, 0.15) is 12.5 Å². The van der Waals surface area contributed by atoms with Crippen LogP contribution in [0.5, 0.6) is 5.75 Å². The van der Waals surface area contributed by atoms with Crippen molar-refractivity contribution in [3.8, 4) is 17.0 Å². The molecule has 2 heterocycles.